The third kappa shape index (κ3) is 10.8. The van der Waals surface area contributed by atoms with E-state index in [1.165, 1.54) is 0 Å². The number of hydrogen-bond donors (Lipinski definition) is 3. The standard InChI is InChI=1S/C26H35N3O5/c1-19-11-10-14-21(17-19)28-23(30)22(15-8-9-16-27-24(31)34-26(2,3)4)29-25(32)33-18-20-12-6-5-7-13-20/h5-7,10-14,17,22H,8-9,15-16,18H2,1-4H3,(H,27,31)(H,28,30)(H,29,32)/t22-/m1/s1. The first-order valence-electron chi connectivity index (χ1n) is 11.4. The van der Waals surface area contributed by atoms with E-state index in [4.69, 9.17) is 9.47 Å². The van der Waals surface area contributed by atoms with E-state index in [-0.39, 0.29) is 12.5 Å². The predicted molar refractivity (Wildman–Crippen MR) is 131 cm³/mol. The van der Waals surface area contributed by atoms with Crippen molar-refractivity contribution in [3.8, 4) is 0 Å². The molecule has 2 rings (SSSR count). The minimum atomic E-state index is -0.787. The van der Waals surface area contributed by atoms with E-state index in [0.717, 1.165) is 11.1 Å². The molecule has 3 amide bonds. The number of anilines is 1. The van der Waals surface area contributed by atoms with Gasteiger partial charge in [0.15, 0.2) is 0 Å². The molecule has 0 aliphatic rings. The van der Waals surface area contributed by atoms with Crippen LogP contribution in [-0.2, 0) is 20.9 Å². The Morgan fingerprint density at radius 2 is 1.68 bits per heavy atom. The van der Waals surface area contributed by atoms with Crippen molar-refractivity contribution in [1.82, 2.24) is 10.6 Å². The van der Waals surface area contributed by atoms with E-state index in [1.807, 2.05) is 55.5 Å². The largest absolute Gasteiger partial charge is 0.445 e. The minimum Gasteiger partial charge on any atom is -0.445 e. The van der Waals surface area contributed by atoms with Gasteiger partial charge in [0.1, 0.15) is 18.2 Å². The molecule has 0 aliphatic heterocycles. The van der Waals surface area contributed by atoms with Gasteiger partial charge in [0.25, 0.3) is 0 Å². The predicted octanol–water partition coefficient (Wildman–Crippen LogP) is 4.92. The average Bonchev–Trinajstić information content (AvgIpc) is 2.76. The smallest absolute Gasteiger partial charge is 0.408 e. The molecule has 34 heavy (non-hydrogen) atoms. The van der Waals surface area contributed by atoms with Crippen LogP contribution in [0, 0.1) is 6.92 Å². The first kappa shape index (κ1) is 26.7. The Morgan fingerprint density at radius 1 is 0.941 bits per heavy atom. The Hall–Kier alpha value is -3.55. The van der Waals surface area contributed by atoms with Gasteiger partial charge in [-0.15, -0.1) is 0 Å². The maximum Gasteiger partial charge on any atom is 0.408 e. The van der Waals surface area contributed by atoms with Crippen molar-refractivity contribution in [2.45, 2.75) is 65.2 Å². The van der Waals surface area contributed by atoms with Crippen molar-refractivity contribution in [3.05, 3.63) is 65.7 Å². The second kappa shape index (κ2) is 13.2. The van der Waals surface area contributed by atoms with Gasteiger partial charge in [0, 0.05) is 12.2 Å². The fourth-order valence-corrected chi connectivity index (χ4v) is 3.11. The maximum atomic E-state index is 12.9. The van der Waals surface area contributed by atoms with Crippen LogP contribution in [0.3, 0.4) is 0 Å². The number of rotatable bonds is 10. The summed E-state index contributed by atoms with van der Waals surface area (Å²) in [5.74, 6) is -0.331. The topological polar surface area (TPSA) is 106 Å². The second-order valence-electron chi connectivity index (χ2n) is 9.04. The molecule has 3 N–H and O–H groups in total. The molecule has 8 nitrogen and oxygen atoms in total. The molecule has 0 fully saturated rings. The monoisotopic (exact) mass is 469 g/mol. The van der Waals surface area contributed by atoms with Crippen molar-refractivity contribution in [3.63, 3.8) is 0 Å². The SMILES string of the molecule is Cc1cccc(NC(=O)[C@@H](CCCCNC(=O)OC(C)(C)C)NC(=O)OCc2ccccc2)c1. The number of amides is 3. The third-order valence-corrected chi connectivity index (χ3v) is 4.69. The number of aryl methyl sites for hydroxylation is 1. The lowest BCUT2D eigenvalue weighted by atomic mass is 10.1. The Kier molecular flexibility index (Phi) is 10.4. The lowest BCUT2D eigenvalue weighted by Gasteiger charge is -2.20. The molecule has 0 radical (unpaired) electrons. The van der Waals surface area contributed by atoms with Crippen molar-refractivity contribution in [2.75, 3.05) is 11.9 Å². The van der Waals surface area contributed by atoms with Crippen LogP contribution in [0.1, 0.15) is 51.2 Å². The molecule has 0 spiro atoms. The van der Waals surface area contributed by atoms with E-state index in [9.17, 15) is 14.4 Å². The molecule has 0 saturated heterocycles. The molecular formula is C26H35N3O5. The summed E-state index contributed by atoms with van der Waals surface area (Å²) in [6.45, 7) is 7.84. The molecule has 8 heteroatoms. The number of carbonyl (C=O) groups is 3. The van der Waals surface area contributed by atoms with Gasteiger partial charge in [-0.05, 0) is 70.2 Å². The first-order valence-corrected chi connectivity index (χ1v) is 11.4. The summed E-state index contributed by atoms with van der Waals surface area (Å²) >= 11 is 0. The van der Waals surface area contributed by atoms with E-state index in [2.05, 4.69) is 16.0 Å². The quantitative estimate of drug-likeness (QED) is 0.428. The molecule has 0 unspecified atom stereocenters. The van der Waals surface area contributed by atoms with Crippen LogP contribution in [0.2, 0.25) is 0 Å². The average molecular weight is 470 g/mol. The lowest BCUT2D eigenvalue weighted by Crippen LogP contribution is -2.44. The third-order valence-electron chi connectivity index (χ3n) is 4.69. The molecule has 1 atom stereocenters. The van der Waals surface area contributed by atoms with Crippen LogP contribution in [0.25, 0.3) is 0 Å². The minimum absolute atomic E-state index is 0.110. The number of unbranched alkanes of at least 4 members (excludes halogenated alkanes) is 1. The number of nitrogens with one attached hydrogen (secondary N) is 3. The van der Waals surface area contributed by atoms with Gasteiger partial charge in [-0.3, -0.25) is 4.79 Å². The van der Waals surface area contributed by atoms with Gasteiger partial charge in [-0.25, -0.2) is 9.59 Å². The van der Waals surface area contributed by atoms with Crippen LogP contribution >= 0.6 is 0 Å². The summed E-state index contributed by atoms with van der Waals surface area (Å²) in [6, 6.07) is 16.0. The van der Waals surface area contributed by atoms with Crippen molar-refractivity contribution >= 4 is 23.8 Å². The molecule has 0 saturated carbocycles. The van der Waals surface area contributed by atoms with Crippen molar-refractivity contribution in [1.29, 1.82) is 0 Å². The normalized spacial score (nSPS) is 11.8. The molecule has 0 aliphatic carbocycles. The zero-order chi connectivity index (χ0) is 25.0. The Bertz CT molecular complexity index is 941. The highest BCUT2D eigenvalue weighted by Crippen LogP contribution is 2.12. The summed E-state index contributed by atoms with van der Waals surface area (Å²) in [7, 11) is 0. The molecule has 184 valence electrons. The van der Waals surface area contributed by atoms with E-state index in [0.29, 0.717) is 31.5 Å². The zero-order valence-electron chi connectivity index (χ0n) is 20.4. The lowest BCUT2D eigenvalue weighted by molar-refractivity contribution is -0.118. The fourth-order valence-electron chi connectivity index (χ4n) is 3.11. The Labute approximate surface area is 201 Å². The summed E-state index contributed by atoms with van der Waals surface area (Å²) in [5.41, 5.74) is 1.96. The Balaban J connectivity index is 1.88. The van der Waals surface area contributed by atoms with Gasteiger partial charge in [-0.2, -0.15) is 0 Å². The second-order valence-corrected chi connectivity index (χ2v) is 9.04. The maximum absolute atomic E-state index is 12.9. The van der Waals surface area contributed by atoms with Gasteiger partial charge in [-0.1, -0.05) is 42.5 Å². The summed E-state index contributed by atoms with van der Waals surface area (Å²) < 4.78 is 10.5. The summed E-state index contributed by atoms with van der Waals surface area (Å²) in [6.07, 6.45) is 0.451. The summed E-state index contributed by atoms with van der Waals surface area (Å²) in [5, 5.41) is 8.21. The molecule has 0 heterocycles. The number of ether oxygens (including phenoxy) is 2. The number of hydrogen-bond acceptors (Lipinski definition) is 5. The fraction of sp³-hybridized carbons (Fsp3) is 0.423. The van der Waals surface area contributed by atoms with Gasteiger partial charge in [0.05, 0.1) is 0 Å². The highest BCUT2D eigenvalue weighted by Gasteiger charge is 2.22. The van der Waals surface area contributed by atoms with Crippen LogP contribution in [0.4, 0.5) is 15.3 Å². The van der Waals surface area contributed by atoms with E-state index >= 15 is 0 Å². The molecule has 0 bridgehead atoms. The van der Waals surface area contributed by atoms with Gasteiger partial charge < -0.3 is 25.4 Å². The number of carbonyl (C=O) groups excluding carboxylic acids is 3. The first-order chi connectivity index (χ1) is 16.1. The number of alkyl carbamates (subject to hydrolysis) is 2. The molecule has 0 aromatic heterocycles. The highest BCUT2D eigenvalue weighted by atomic mass is 16.6. The Morgan fingerprint density at radius 3 is 2.35 bits per heavy atom. The molecular weight excluding hydrogens is 434 g/mol. The highest BCUT2D eigenvalue weighted by molar-refractivity contribution is 5.96. The van der Waals surface area contributed by atoms with Crippen molar-refractivity contribution in [2.24, 2.45) is 0 Å². The van der Waals surface area contributed by atoms with Crippen LogP contribution in [0.5, 0.6) is 0 Å². The van der Waals surface area contributed by atoms with E-state index in [1.54, 1.807) is 26.8 Å². The summed E-state index contributed by atoms with van der Waals surface area (Å²) in [4.78, 5) is 37.0. The van der Waals surface area contributed by atoms with Crippen LogP contribution in [0.15, 0.2) is 54.6 Å². The zero-order valence-corrected chi connectivity index (χ0v) is 20.4. The molecule has 2 aromatic carbocycles. The number of benzene rings is 2. The van der Waals surface area contributed by atoms with Crippen LogP contribution < -0.4 is 16.0 Å². The van der Waals surface area contributed by atoms with E-state index < -0.39 is 23.8 Å². The van der Waals surface area contributed by atoms with Gasteiger partial charge >= 0.3 is 12.2 Å². The molecule has 2 aromatic rings. The van der Waals surface area contributed by atoms with Crippen LogP contribution in [-0.4, -0.2) is 36.3 Å². The van der Waals surface area contributed by atoms with Gasteiger partial charge in [0.2, 0.25) is 5.91 Å². The van der Waals surface area contributed by atoms with Crippen molar-refractivity contribution < 1.29 is 23.9 Å².